The summed E-state index contributed by atoms with van der Waals surface area (Å²) in [6.07, 6.45) is 5.08. The summed E-state index contributed by atoms with van der Waals surface area (Å²) in [7, 11) is 1.99. The number of aromatic carboxylic acids is 2. The Hall–Kier alpha value is -1.92. The minimum Gasteiger partial charge on any atom is -0.478 e. The van der Waals surface area contributed by atoms with Crippen LogP contribution in [0.2, 0.25) is 0 Å². The van der Waals surface area contributed by atoms with Crippen LogP contribution in [0.5, 0.6) is 0 Å². The first kappa shape index (κ1) is 19.1. The summed E-state index contributed by atoms with van der Waals surface area (Å²) in [4.78, 5) is 20.7. The summed E-state index contributed by atoms with van der Waals surface area (Å²) in [5.41, 5.74) is 5.49. The van der Waals surface area contributed by atoms with E-state index in [1.54, 1.807) is 0 Å². The van der Waals surface area contributed by atoms with Crippen molar-refractivity contribution >= 4 is 11.9 Å². The molecule has 1 rings (SSSR count). The summed E-state index contributed by atoms with van der Waals surface area (Å²) in [5.74, 6) is -2.13. The largest absolute Gasteiger partial charge is 0.478 e. The van der Waals surface area contributed by atoms with Gasteiger partial charge in [-0.05, 0) is 57.2 Å². The molecule has 0 atom stereocenters. The van der Waals surface area contributed by atoms with Crippen molar-refractivity contribution < 1.29 is 19.8 Å². The molecule has 0 aliphatic rings. The number of nitrogens with one attached hydrogen (secondary N) is 1. The van der Waals surface area contributed by atoms with E-state index in [1.165, 1.54) is 49.9 Å². The molecule has 0 aliphatic carbocycles. The highest BCUT2D eigenvalue weighted by Crippen LogP contribution is 2.03. The highest BCUT2D eigenvalue weighted by molar-refractivity contribution is 5.91. The zero-order chi connectivity index (χ0) is 16.1. The van der Waals surface area contributed by atoms with Crippen LogP contribution in [0.15, 0.2) is 24.3 Å². The molecule has 0 fully saturated rings. The molecule has 0 bridgehead atoms. The zero-order valence-electron chi connectivity index (χ0n) is 12.3. The number of unbranched alkanes of at least 4 members (excludes halogenated alkanes) is 3. The maximum Gasteiger partial charge on any atom is 0.335 e. The molecule has 0 aromatic heterocycles. The quantitative estimate of drug-likeness (QED) is 0.544. The molecule has 0 unspecified atom stereocenters. The molecule has 5 N–H and O–H groups in total. The summed E-state index contributed by atoms with van der Waals surface area (Å²) in [6.45, 7) is 1.99. The van der Waals surface area contributed by atoms with Gasteiger partial charge < -0.3 is 21.3 Å². The zero-order valence-corrected chi connectivity index (χ0v) is 12.3. The van der Waals surface area contributed by atoms with E-state index in [0.717, 1.165) is 13.1 Å². The highest BCUT2D eigenvalue weighted by atomic mass is 16.4. The van der Waals surface area contributed by atoms with Crippen molar-refractivity contribution in [1.82, 2.24) is 5.32 Å². The van der Waals surface area contributed by atoms with Crippen LogP contribution in [0.3, 0.4) is 0 Å². The molecular formula is C15H24N2O4. The predicted molar refractivity (Wildman–Crippen MR) is 81.8 cm³/mol. The van der Waals surface area contributed by atoms with Gasteiger partial charge in [0, 0.05) is 0 Å². The van der Waals surface area contributed by atoms with Gasteiger partial charge in [-0.3, -0.25) is 0 Å². The number of nitrogens with two attached hydrogens (primary N) is 1. The van der Waals surface area contributed by atoms with Crippen molar-refractivity contribution in [2.45, 2.75) is 25.7 Å². The lowest BCUT2D eigenvalue weighted by molar-refractivity contribution is 0.0681. The molecule has 1 aromatic carbocycles. The van der Waals surface area contributed by atoms with Crippen molar-refractivity contribution in [3.05, 3.63) is 35.4 Å². The molecule has 21 heavy (non-hydrogen) atoms. The average molecular weight is 296 g/mol. The van der Waals surface area contributed by atoms with Crippen LogP contribution in [0.4, 0.5) is 0 Å². The van der Waals surface area contributed by atoms with Gasteiger partial charge in [-0.1, -0.05) is 12.8 Å². The first-order valence-electron chi connectivity index (χ1n) is 6.94. The van der Waals surface area contributed by atoms with Gasteiger partial charge in [-0.25, -0.2) is 9.59 Å². The van der Waals surface area contributed by atoms with Crippen LogP contribution >= 0.6 is 0 Å². The van der Waals surface area contributed by atoms with Crippen LogP contribution in [-0.2, 0) is 0 Å². The third-order valence-electron chi connectivity index (χ3n) is 2.76. The van der Waals surface area contributed by atoms with Crippen LogP contribution in [0, 0.1) is 0 Å². The molecule has 6 nitrogen and oxygen atoms in total. The summed E-state index contributed by atoms with van der Waals surface area (Å²) in [5, 5.41) is 20.0. The number of hydrogen-bond donors (Lipinski definition) is 4. The number of rotatable bonds is 8. The van der Waals surface area contributed by atoms with Gasteiger partial charge in [-0.2, -0.15) is 0 Å². The van der Waals surface area contributed by atoms with Crippen molar-refractivity contribution in [3.8, 4) is 0 Å². The minimum absolute atomic E-state index is 0.0833. The van der Waals surface area contributed by atoms with Gasteiger partial charge in [0.15, 0.2) is 0 Å². The Morgan fingerprint density at radius 3 is 1.71 bits per heavy atom. The Kier molecular flexibility index (Phi) is 10.8. The van der Waals surface area contributed by atoms with Crippen LogP contribution < -0.4 is 11.1 Å². The van der Waals surface area contributed by atoms with Gasteiger partial charge in [0.1, 0.15) is 0 Å². The Morgan fingerprint density at radius 2 is 1.38 bits per heavy atom. The van der Waals surface area contributed by atoms with Gasteiger partial charge in [-0.15, -0.1) is 0 Å². The van der Waals surface area contributed by atoms with E-state index in [4.69, 9.17) is 15.9 Å². The van der Waals surface area contributed by atoms with E-state index in [0.29, 0.717) is 0 Å². The van der Waals surface area contributed by atoms with Crippen molar-refractivity contribution in [1.29, 1.82) is 0 Å². The van der Waals surface area contributed by atoms with Gasteiger partial charge in [0.2, 0.25) is 0 Å². The Balaban J connectivity index is 0.000000400. The molecule has 0 radical (unpaired) electrons. The lowest BCUT2D eigenvalue weighted by Gasteiger charge is -1.97. The summed E-state index contributed by atoms with van der Waals surface area (Å²) >= 11 is 0. The first-order valence-corrected chi connectivity index (χ1v) is 6.94. The van der Waals surface area contributed by atoms with Gasteiger partial charge in [0.25, 0.3) is 0 Å². The monoisotopic (exact) mass is 296 g/mol. The SMILES string of the molecule is CNCCCCCCN.O=C(O)c1ccc(C(=O)O)cc1. The molecule has 6 heteroatoms. The number of hydrogen-bond acceptors (Lipinski definition) is 4. The van der Waals surface area contributed by atoms with Crippen molar-refractivity contribution in [3.63, 3.8) is 0 Å². The Morgan fingerprint density at radius 1 is 0.952 bits per heavy atom. The lowest BCUT2D eigenvalue weighted by Crippen LogP contribution is -2.07. The Labute approximate surface area is 125 Å². The standard InChI is InChI=1S/C8H6O4.C7H18N2/c9-7(10)5-1-2-6(4-3-5)8(11)12;1-9-7-5-3-2-4-6-8/h1-4H,(H,9,10)(H,11,12);9H,2-8H2,1H3. The predicted octanol–water partition coefficient (Wildman–Crippen LogP) is 1.81. The van der Waals surface area contributed by atoms with E-state index in [9.17, 15) is 9.59 Å². The third-order valence-corrected chi connectivity index (χ3v) is 2.76. The van der Waals surface area contributed by atoms with Crippen LogP contribution in [0.1, 0.15) is 46.4 Å². The number of carboxylic acid groups (broad SMARTS) is 2. The summed E-state index contributed by atoms with van der Waals surface area (Å²) in [6, 6.07) is 5.02. The maximum absolute atomic E-state index is 10.3. The number of benzene rings is 1. The third kappa shape index (κ3) is 9.59. The smallest absolute Gasteiger partial charge is 0.335 e. The fraction of sp³-hybridized carbons (Fsp3) is 0.467. The second kappa shape index (κ2) is 11.9. The van der Waals surface area contributed by atoms with E-state index in [-0.39, 0.29) is 11.1 Å². The maximum atomic E-state index is 10.3. The van der Waals surface area contributed by atoms with Gasteiger partial charge >= 0.3 is 11.9 Å². The van der Waals surface area contributed by atoms with Crippen LogP contribution in [0.25, 0.3) is 0 Å². The van der Waals surface area contributed by atoms with E-state index < -0.39 is 11.9 Å². The molecule has 1 aromatic rings. The molecule has 118 valence electrons. The molecule has 0 amide bonds. The molecule has 0 aliphatic heterocycles. The Bertz CT molecular complexity index is 379. The highest BCUT2D eigenvalue weighted by Gasteiger charge is 2.04. The fourth-order valence-corrected chi connectivity index (χ4v) is 1.56. The van der Waals surface area contributed by atoms with Gasteiger partial charge in [0.05, 0.1) is 11.1 Å². The molecule has 0 spiro atoms. The molecule has 0 saturated carbocycles. The second-order valence-electron chi connectivity index (χ2n) is 4.49. The van der Waals surface area contributed by atoms with Crippen LogP contribution in [-0.4, -0.2) is 42.3 Å². The second-order valence-corrected chi connectivity index (χ2v) is 4.49. The summed E-state index contributed by atoms with van der Waals surface area (Å²) < 4.78 is 0. The topological polar surface area (TPSA) is 113 Å². The first-order chi connectivity index (χ1) is 10.0. The molecule has 0 saturated heterocycles. The normalized spacial score (nSPS) is 9.62. The average Bonchev–Trinajstić information content (AvgIpc) is 2.48. The minimum atomic E-state index is -1.06. The van der Waals surface area contributed by atoms with Crippen molar-refractivity contribution in [2.75, 3.05) is 20.1 Å². The fourth-order valence-electron chi connectivity index (χ4n) is 1.56. The van der Waals surface area contributed by atoms with Crippen molar-refractivity contribution in [2.24, 2.45) is 5.73 Å². The van der Waals surface area contributed by atoms with E-state index in [2.05, 4.69) is 5.32 Å². The molecule has 0 heterocycles. The lowest BCUT2D eigenvalue weighted by atomic mass is 10.1. The van der Waals surface area contributed by atoms with E-state index >= 15 is 0 Å². The number of carboxylic acids is 2. The van der Waals surface area contributed by atoms with E-state index in [1.807, 2.05) is 7.05 Å². The number of carbonyl (C=O) groups is 2. The molecular weight excluding hydrogens is 272 g/mol.